The van der Waals surface area contributed by atoms with E-state index in [0.717, 1.165) is 53.0 Å². The number of carbonyl (C=O) groups excluding carboxylic acids is 1. The van der Waals surface area contributed by atoms with Crippen molar-refractivity contribution in [3.05, 3.63) is 70.9 Å². The van der Waals surface area contributed by atoms with Gasteiger partial charge in [0.2, 0.25) is 0 Å². The molecule has 31 heavy (non-hydrogen) atoms. The fourth-order valence-corrected chi connectivity index (χ4v) is 4.22. The average Bonchev–Trinajstić information content (AvgIpc) is 3.14. The highest BCUT2D eigenvalue weighted by atomic mass is 35.5. The molecule has 0 radical (unpaired) electrons. The highest BCUT2D eigenvalue weighted by molar-refractivity contribution is 6.30. The summed E-state index contributed by atoms with van der Waals surface area (Å²) in [5.74, 6) is 0.497. The van der Waals surface area contributed by atoms with Gasteiger partial charge in [0.1, 0.15) is 17.5 Å². The Morgan fingerprint density at radius 1 is 1.03 bits per heavy atom. The summed E-state index contributed by atoms with van der Waals surface area (Å²) in [4.78, 5) is 12.6. The van der Waals surface area contributed by atoms with Crippen LogP contribution >= 0.6 is 11.6 Å². The van der Waals surface area contributed by atoms with Crippen molar-refractivity contribution in [1.29, 1.82) is 0 Å². The first-order chi connectivity index (χ1) is 15.0. The minimum Gasteiger partial charge on any atom is -0.442 e. The maximum Gasteiger partial charge on any atom is 0.412 e. The van der Waals surface area contributed by atoms with E-state index in [1.807, 2.05) is 49.4 Å². The molecule has 1 unspecified atom stereocenters. The lowest BCUT2D eigenvalue weighted by atomic mass is 9.96. The molecule has 0 aliphatic heterocycles. The molecule has 1 N–H and O–H groups in total. The zero-order chi connectivity index (χ0) is 21.8. The quantitative estimate of drug-likeness (QED) is 0.455. The number of benzene rings is 2. The van der Waals surface area contributed by atoms with Crippen LogP contribution in [0.4, 0.5) is 10.5 Å². The van der Waals surface area contributed by atoms with E-state index in [2.05, 4.69) is 22.6 Å². The Balaban J connectivity index is 1.49. The number of anilines is 1. The summed E-state index contributed by atoms with van der Waals surface area (Å²) in [6.07, 6.45) is 2.92. The summed E-state index contributed by atoms with van der Waals surface area (Å²) in [6, 6.07) is 18.1. The van der Waals surface area contributed by atoms with Gasteiger partial charge in [0.25, 0.3) is 0 Å². The summed E-state index contributed by atoms with van der Waals surface area (Å²) >= 11 is 6.33. The zero-order valence-electron chi connectivity index (χ0n) is 17.7. The first-order valence-electron chi connectivity index (χ1n) is 10.5. The average molecular weight is 437 g/mol. The Labute approximate surface area is 187 Å². The molecule has 6 heteroatoms. The molecular formula is C25H25ClN2O3. The first kappa shape index (κ1) is 21.2. The molecule has 1 amide bonds. The van der Waals surface area contributed by atoms with Crippen molar-refractivity contribution in [3.63, 3.8) is 0 Å². The highest BCUT2D eigenvalue weighted by Gasteiger charge is 2.23. The van der Waals surface area contributed by atoms with Crippen molar-refractivity contribution >= 4 is 23.4 Å². The maximum absolute atomic E-state index is 12.6. The first-order valence-corrected chi connectivity index (χ1v) is 10.9. The summed E-state index contributed by atoms with van der Waals surface area (Å²) in [5.41, 5.74) is 5.15. The third-order valence-electron chi connectivity index (χ3n) is 5.56. The van der Waals surface area contributed by atoms with Crippen LogP contribution < -0.4 is 5.32 Å². The Morgan fingerprint density at radius 3 is 2.39 bits per heavy atom. The van der Waals surface area contributed by atoms with Gasteiger partial charge >= 0.3 is 6.09 Å². The minimum atomic E-state index is -0.552. The number of carbonyl (C=O) groups is 1. The van der Waals surface area contributed by atoms with Crippen LogP contribution in [0.3, 0.4) is 0 Å². The van der Waals surface area contributed by atoms with Gasteiger partial charge in [0.05, 0.1) is 0 Å². The van der Waals surface area contributed by atoms with E-state index in [1.165, 1.54) is 0 Å². The van der Waals surface area contributed by atoms with Crippen LogP contribution in [-0.4, -0.2) is 17.4 Å². The number of allylic oxidation sites excluding steroid dienone is 1. The summed E-state index contributed by atoms with van der Waals surface area (Å²) < 4.78 is 11.1. The Bertz CT molecular complexity index is 1090. The lowest BCUT2D eigenvalue weighted by Gasteiger charge is -2.22. The van der Waals surface area contributed by atoms with Crippen LogP contribution in [0.15, 0.2) is 69.7 Å². The van der Waals surface area contributed by atoms with Crippen molar-refractivity contribution in [1.82, 2.24) is 5.16 Å². The summed E-state index contributed by atoms with van der Waals surface area (Å²) in [7, 11) is 0. The molecule has 1 aliphatic rings. The molecule has 0 spiro atoms. The maximum atomic E-state index is 12.6. The molecule has 1 aliphatic carbocycles. The van der Waals surface area contributed by atoms with Crippen LogP contribution in [0.5, 0.6) is 0 Å². The van der Waals surface area contributed by atoms with Crippen LogP contribution in [0, 0.1) is 6.92 Å². The molecular weight excluding hydrogens is 412 g/mol. The zero-order valence-corrected chi connectivity index (χ0v) is 18.4. The second-order valence-electron chi connectivity index (χ2n) is 7.73. The Hall–Kier alpha value is -3.05. The lowest BCUT2D eigenvalue weighted by molar-refractivity contribution is 0.134. The lowest BCUT2D eigenvalue weighted by Crippen LogP contribution is -2.23. The third kappa shape index (κ3) is 4.83. The second-order valence-corrected chi connectivity index (χ2v) is 8.18. The molecule has 1 aromatic heterocycles. The van der Waals surface area contributed by atoms with Crippen molar-refractivity contribution in [2.24, 2.45) is 0 Å². The number of rotatable bonds is 5. The summed E-state index contributed by atoms with van der Waals surface area (Å²) in [6.45, 7) is 3.64. The van der Waals surface area contributed by atoms with Gasteiger partial charge in [0, 0.05) is 10.6 Å². The van der Waals surface area contributed by atoms with Gasteiger partial charge in [-0.2, -0.15) is 0 Å². The van der Waals surface area contributed by atoms with Gasteiger partial charge in [-0.3, -0.25) is 5.32 Å². The minimum absolute atomic E-state index is 0.374. The number of nitrogens with zero attached hydrogens (tertiary/aromatic N) is 1. The second kappa shape index (κ2) is 9.40. The standard InChI is InChI=1S/C25H25ClN2O3/c1-16-23(27-25(29)30-17(2)21-10-6-7-11-22(21)26)24(31-28-16)20-14-12-19(13-15-20)18-8-4-3-5-9-18/h3-5,8-9,12-15,17H,6-7,10-11H2,1-2H3,(H,27,29). The van der Waals surface area contributed by atoms with Crippen molar-refractivity contribution in [3.8, 4) is 22.5 Å². The molecule has 4 rings (SSSR count). The van der Waals surface area contributed by atoms with Gasteiger partial charge in [-0.25, -0.2) is 4.79 Å². The molecule has 2 aromatic carbocycles. The van der Waals surface area contributed by atoms with E-state index in [4.69, 9.17) is 20.9 Å². The van der Waals surface area contributed by atoms with E-state index in [9.17, 15) is 4.79 Å². The molecule has 0 saturated carbocycles. The fourth-order valence-electron chi connectivity index (χ4n) is 3.84. The predicted molar refractivity (Wildman–Crippen MR) is 123 cm³/mol. The molecule has 5 nitrogen and oxygen atoms in total. The van der Waals surface area contributed by atoms with Crippen LogP contribution in [0.1, 0.15) is 38.3 Å². The van der Waals surface area contributed by atoms with Gasteiger partial charge in [-0.1, -0.05) is 71.4 Å². The molecule has 160 valence electrons. The largest absolute Gasteiger partial charge is 0.442 e. The molecule has 1 atom stereocenters. The van der Waals surface area contributed by atoms with E-state index in [0.29, 0.717) is 17.1 Å². The number of amides is 1. The number of hydrogen-bond acceptors (Lipinski definition) is 4. The van der Waals surface area contributed by atoms with Crippen molar-refractivity contribution in [2.45, 2.75) is 45.6 Å². The number of nitrogens with one attached hydrogen (secondary N) is 1. The fraction of sp³-hybridized carbons (Fsp3) is 0.280. The van der Waals surface area contributed by atoms with Crippen LogP contribution in [0.2, 0.25) is 0 Å². The highest BCUT2D eigenvalue weighted by Crippen LogP contribution is 2.34. The number of hydrogen-bond donors (Lipinski definition) is 1. The van der Waals surface area contributed by atoms with Gasteiger partial charge < -0.3 is 9.26 Å². The number of aryl methyl sites for hydroxylation is 1. The van der Waals surface area contributed by atoms with E-state index in [1.54, 1.807) is 6.92 Å². The van der Waals surface area contributed by atoms with Gasteiger partial charge in [-0.05, 0) is 56.2 Å². The van der Waals surface area contributed by atoms with Crippen molar-refractivity contribution < 1.29 is 14.1 Å². The van der Waals surface area contributed by atoms with Gasteiger partial charge in [-0.15, -0.1) is 0 Å². The van der Waals surface area contributed by atoms with Gasteiger partial charge in [0.15, 0.2) is 5.76 Å². The van der Waals surface area contributed by atoms with Crippen LogP contribution in [0.25, 0.3) is 22.5 Å². The monoisotopic (exact) mass is 436 g/mol. The Kier molecular flexibility index (Phi) is 6.42. The molecule has 0 saturated heterocycles. The summed E-state index contributed by atoms with van der Waals surface area (Å²) in [5, 5.41) is 7.65. The van der Waals surface area contributed by atoms with E-state index >= 15 is 0 Å². The third-order valence-corrected chi connectivity index (χ3v) is 5.99. The molecule has 0 bridgehead atoms. The topological polar surface area (TPSA) is 64.4 Å². The smallest absolute Gasteiger partial charge is 0.412 e. The molecule has 3 aromatic rings. The molecule has 0 fully saturated rings. The number of halogens is 1. The van der Waals surface area contributed by atoms with E-state index in [-0.39, 0.29) is 6.10 Å². The van der Waals surface area contributed by atoms with Crippen molar-refractivity contribution in [2.75, 3.05) is 5.32 Å². The predicted octanol–water partition coefficient (Wildman–Crippen LogP) is 7.32. The Morgan fingerprint density at radius 2 is 1.68 bits per heavy atom. The number of aromatic nitrogens is 1. The van der Waals surface area contributed by atoms with Crippen LogP contribution in [-0.2, 0) is 4.74 Å². The normalized spacial score (nSPS) is 14.9. The SMILES string of the molecule is Cc1noc(-c2ccc(-c3ccccc3)cc2)c1NC(=O)OC(C)C1=C(Cl)CCCC1. The number of ether oxygens (including phenoxy) is 1. The van der Waals surface area contributed by atoms with E-state index < -0.39 is 6.09 Å². The molecule has 1 heterocycles.